The lowest BCUT2D eigenvalue weighted by Gasteiger charge is -2.03. The summed E-state index contributed by atoms with van der Waals surface area (Å²) in [6.07, 6.45) is 5.48. The summed E-state index contributed by atoms with van der Waals surface area (Å²) in [6.45, 7) is 0. The van der Waals surface area contributed by atoms with Gasteiger partial charge in [-0.05, 0) is 24.3 Å². The van der Waals surface area contributed by atoms with Crippen molar-refractivity contribution in [3.63, 3.8) is 0 Å². The predicted molar refractivity (Wildman–Crippen MR) is 104 cm³/mol. The van der Waals surface area contributed by atoms with Crippen LogP contribution in [0.15, 0.2) is 72.6 Å². The summed E-state index contributed by atoms with van der Waals surface area (Å²) in [7, 11) is 0. The van der Waals surface area contributed by atoms with Gasteiger partial charge in [0.15, 0.2) is 10.9 Å². The molecular formula is C19H14N6S. The van der Waals surface area contributed by atoms with Gasteiger partial charge in [0.1, 0.15) is 0 Å². The maximum Gasteiger partial charge on any atom is 0.188 e. The predicted octanol–water partition coefficient (Wildman–Crippen LogP) is 4.62. The lowest BCUT2D eigenvalue weighted by Crippen LogP contribution is -1.91. The topological polar surface area (TPSA) is 71.4 Å². The van der Waals surface area contributed by atoms with E-state index in [2.05, 4.69) is 49.7 Å². The highest BCUT2D eigenvalue weighted by Crippen LogP contribution is 2.29. The van der Waals surface area contributed by atoms with Gasteiger partial charge in [-0.2, -0.15) is 5.10 Å². The zero-order chi connectivity index (χ0) is 17.3. The second kappa shape index (κ2) is 6.12. The number of H-pyrrole nitrogens is 1. The van der Waals surface area contributed by atoms with Gasteiger partial charge in [-0.3, -0.25) is 5.10 Å². The molecule has 3 heterocycles. The average molecular weight is 358 g/mol. The standard InChI is InChI=1S/C19H14N6S/c1-2-4-16-15(3-1)18(24-23-16)22-19-21-17(11-26-19)13-5-7-14(8-6-13)25-10-9-20-12-25/h1-12H,(H2,21,22,23,24). The van der Waals surface area contributed by atoms with E-state index in [9.17, 15) is 0 Å². The number of rotatable bonds is 4. The maximum absolute atomic E-state index is 4.69. The van der Waals surface area contributed by atoms with Crippen LogP contribution in [0.3, 0.4) is 0 Å². The fourth-order valence-electron chi connectivity index (χ4n) is 2.84. The van der Waals surface area contributed by atoms with Crippen LogP contribution in [-0.2, 0) is 0 Å². The number of nitrogens with zero attached hydrogens (tertiary/aromatic N) is 4. The molecule has 5 aromatic rings. The Morgan fingerprint density at radius 2 is 1.92 bits per heavy atom. The quantitative estimate of drug-likeness (QED) is 0.492. The van der Waals surface area contributed by atoms with Crippen molar-refractivity contribution in [1.82, 2.24) is 24.7 Å². The van der Waals surface area contributed by atoms with E-state index in [1.165, 1.54) is 0 Å². The molecule has 2 aromatic carbocycles. The molecule has 0 aliphatic carbocycles. The number of fused-ring (bicyclic) bond motifs is 1. The van der Waals surface area contributed by atoms with Crippen molar-refractivity contribution in [2.24, 2.45) is 0 Å². The van der Waals surface area contributed by atoms with Crippen LogP contribution >= 0.6 is 11.3 Å². The van der Waals surface area contributed by atoms with E-state index < -0.39 is 0 Å². The van der Waals surface area contributed by atoms with Gasteiger partial charge in [-0.1, -0.05) is 24.3 Å². The highest BCUT2D eigenvalue weighted by atomic mass is 32.1. The first kappa shape index (κ1) is 14.9. The smallest absolute Gasteiger partial charge is 0.188 e. The Morgan fingerprint density at radius 3 is 2.77 bits per heavy atom. The largest absolute Gasteiger partial charge is 0.314 e. The Hall–Kier alpha value is -3.45. The SMILES string of the molecule is c1ccc2c(Nc3nc(-c4ccc(-n5ccnc5)cc4)cs3)n[nH]c2c1. The molecule has 0 fully saturated rings. The van der Waals surface area contributed by atoms with Crippen LogP contribution in [0.25, 0.3) is 27.8 Å². The van der Waals surface area contributed by atoms with Gasteiger partial charge < -0.3 is 9.88 Å². The molecule has 26 heavy (non-hydrogen) atoms. The zero-order valence-corrected chi connectivity index (χ0v) is 14.4. The summed E-state index contributed by atoms with van der Waals surface area (Å²) in [5.74, 6) is 0.789. The molecule has 0 radical (unpaired) electrons. The third kappa shape index (κ3) is 2.64. The van der Waals surface area contributed by atoms with Crippen molar-refractivity contribution < 1.29 is 0 Å². The molecular weight excluding hydrogens is 344 g/mol. The maximum atomic E-state index is 4.69. The molecule has 2 N–H and O–H groups in total. The molecule has 0 saturated heterocycles. The minimum atomic E-state index is 0.789. The van der Waals surface area contributed by atoms with Crippen LogP contribution in [0.4, 0.5) is 10.9 Å². The summed E-state index contributed by atoms with van der Waals surface area (Å²) in [6, 6.07) is 16.3. The van der Waals surface area contributed by atoms with Gasteiger partial charge in [0.05, 0.1) is 17.5 Å². The first-order valence-corrected chi connectivity index (χ1v) is 8.99. The number of para-hydroxylation sites is 1. The molecule has 0 atom stereocenters. The number of aromatic amines is 1. The Kier molecular flexibility index (Phi) is 3.50. The van der Waals surface area contributed by atoms with Crippen LogP contribution in [-0.4, -0.2) is 24.7 Å². The van der Waals surface area contributed by atoms with Crippen molar-refractivity contribution in [3.05, 3.63) is 72.6 Å². The Labute approximate surface area is 153 Å². The van der Waals surface area contributed by atoms with Crippen molar-refractivity contribution in [1.29, 1.82) is 0 Å². The van der Waals surface area contributed by atoms with Crippen molar-refractivity contribution in [3.8, 4) is 16.9 Å². The van der Waals surface area contributed by atoms with Gasteiger partial charge in [0.2, 0.25) is 0 Å². The number of aromatic nitrogens is 5. The molecule has 6 nitrogen and oxygen atoms in total. The molecule has 0 unspecified atom stereocenters. The van der Waals surface area contributed by atoms with Crippen molar-refractivity contribution in [2.45, 2.75) is 0 Å². The third-order valence-corrected chi connectivity index (χ3v) is 4.92. The molecule has 0 spiro atoms. The summed E-state index contributed by atoms with van der Waals surface area (Å²) in [5.41, 5.74) is 4.09. The van der Waals surface area contributed by atoms with Gasteiger partial charge in [0.25, 0.3) is 0 Å². The van der Waals surface area contributed by atoms with E-state index in [1.807, 2.05) is 40.4 Å². The van der Waals surface area contributed by atoms with Crippen molar-refractivity contribution >= 4 is 33.2 Å². The fraction of sp³-hybridized carbons (Fsp3) is 0. The summed E-state index contributed by atoms with van der Waals surface area (Å²) in [5, 5.41) is 14.6. The first-order valence-electron chi connectivity index (χ1n) is 8.11. The minimum absolute atomic E-state index is 0.789. The minimum Gasteiger partial charge on any atom is -0.314 e. The zero-order valence-electron chi connectivity index (χ0n) is 13.6. The Morgan fingerprint density at radius 1 is 1.04 bits per heavy atom. The Bertz CT molecular complexity index is 1150. The molecule has 5 rings (SSSR count). The highest BCUT2D eigenvalue weighted by molar-refractivity contribution is 7.14. The number of imidazole rings is 1. The third-order valence-electron chi connectivity index (χ3n) is 4.17. The summed E-state index contributed by atoms with van der Waals surface area (Å²) >= 11 is 1.56. The van der Waals surface area contributed by atoms with Crippen LogP contribution < -0.4 is 5.32 Å². The number of nitrogens with one attached hydrogen (secondary N) is 2. The lowest BCUT2D eigenvalue weighted by molar-refractivity contribution is 1.06. The summed E-state index contributed by atoms with van der Waals surface area (Å²) < 4.78 is 1.97. The second-order valence-corrected chi connectivity index (χ2v) is 6.66. The molecule has 3 aromatic heterocycles. The highest BCUT2D eigenvalue weighted by Gasteiger charge is 2.09. The monoisotopic (exact) mass is 358 g/mol. The number of anilines is 2. The molecule has 7 heteroatoms. The van der Waals surface area contributed by atoms with Gasteiger partial charge in [0, 0.05) is 34.4 Å². The normalized spacial score (nSPS) is 11.1. The molecule has 0 aliphatic heterocycles. The Balaban J connectivity index is 1.40. The van der Waals surface area contributed by atoms with E-state index in [1.54, 1.807) is 23.9 Å². The van der Waals surface area contributed by atoms with Gasteiger partial charge in [-0.15, -0.1) is 11.3 Å². The molecule has 126 valence electrons. The van der Waals surface area contributed by atoms with Crippen LogP contribution in [0.2, 0.25) is 0 Å². The van der Waals surface area contributed by atoms with Gasteiger partial charge in [-0.25, -0.2) is 9.97 Å². The lowest BCUT2D eigenvalue weighted by atomic mass is 10.1. The van der Waals surface area contributed by atoms with E-state index >= 15 is 0 Å². The molecule has 0 bridgehead atoms. The van der Waals surface area contributed by atoms with Gasteiger partial charge >= 0.3 is 0 Å². The number of benzene rings is 2. The van der Waals surface area contributed by atoms with Crippen LogP contribution in [0.5, 0.6) is 0 Å². The van der Waals surface area contributed by atoms with Crippen LogP contribution in [0, 0.1) is 0 Å². The number of thiazole rings is 1. The van der Waals surface area contributed by atoms with Crippen molar-refractivity contribution in [2.75, 3.05) is 5.32 Å². The van der Waals surface area contributed by atoms with Crippen LogP contribution in [0.1, 0.15) is 0 Å². The average Bonchev–Trinajstić information content (AvgIpc) is 3.44. The first-order chi connectivity index (χ1) is 12.9. The van der Waals surface area contributed by atoms with E-state index in [4.69, 9.17) is 0 Å². The molecule has 0 saturated carbocycles. The fourth-order valence-corrected chi connectivity index (χ4v) is 3.56. The summed E-state index contributed by atoms with van der Waals surface area (Å²) in [4.78, 5) is 8.76. The molecule has 0 aliphatic rings. The number of hydrogen-bond donors (Lipinski definition) is 2. The molecule has 0 amide bonds. The van der Waals surface area contributed by atoms with E-state index in [0.717, 1.165) is 38.8 Å². The number of hydrogen-bond acceptors (Lipinski definition) is 5. The second-order valence-electron chi connectivity index (χ2n) is 5.80. The van der Waals surface area contributed by atoms with E-state index in [0.29, 0.717) is 0 Å². The van der Waals surface area contributed by atoms with E-state index in [-0.39, 0.29) is 0 Å².